The van der Waals surface area contributed by atoms with Crippen LogP contribution in [0.25, 0.3) is 0 Å². The van der Waals surface area contributed by atoms with Crippen LogP contribution in [0.1, 0.15) is 16.7 Å². The standard InChI is InChI=1S/C9H11N2P/c1-6-7(4-10)2-3-9(11)8(6)5-12/h2-3H,5,11-12H2,1H3. The second kappa shape index (κ2) is 3.56. The molecule has 0 radical (unpaired) electrons. The summed E-state index contributed by atoms with van der Waals surface area (Å²) >= 11 is 0. The molecule has 0 aliphatic carbocycles. The number of nitriles is 1. The Labute approximate surface area is 74.6 Å². The molecule has 0 saturated carbocycles. The minimum absolute atomic E-state index is 0.710. The van der Waals surface area contributed by atoms with Gasteiger partial charge in [0.1, 0.15) is 0 Å². The molecule has 0 aromatic heterocycles. The van der Waals surface area contributed by atoms with Crippen LogP contribution in [0.5, 0.6) is 0 Å². The highest BCUT2D eigenvalue weighted by molar-refractivity contribution is 7.15. The Morgan fingerprint density at radius 1 is 1.58 bits per heavy atom. The van der Waals surface area contributed by atoms with Crippen molar-refractivity contribution in [1.82, 2.24) is 0 Å². The van der Waals surface area contributed by atoms with Crippen molar-refractivity contribution in [2.45, 2.75) is 13.1 Å². The Hall–Kier alpha value is -1.06. The van der Waals surface area contributed by atoms with E-state index in [1.165, 1.54) is 0 Å². The van der Waals surface area contributed by atoms with Crippen molar-refractivity contribution in [2.75, 3.05) is 5.73 Å². The molecule has 1 atom stereocenters. The molecule has 0 aliphatic heterocycles. The largest absolute Gasteiger partial charge is 0.398 e. The normalized spacial score (nSPS) is 9.42. The number of nitrogens with two attached hydrogens (primary N) is 1. The van der Waals surface area contributed by atoms with Gasteiger partial charge in [-0.3, -0.25) is 0 Å². The number of nitrogen functional groups attached to an aromatic ring is 1. The lowest BCUT2D eigenvalue weighted by atomic mass is 10.0. The smallest absolute Gasteiger partial charge is 0.0994 e. The molecule has 0 spiro atoms. The maximum absolute atomic E-state index is 8.73. The van der Waals surface area contributed by atoms with E-state index in [-0.39, 0.29) is 0 Å². The zero-order valence-electron chi connectivity index (χ0n) is 6.96. The first-order chi connectivity index (χ1) is 5.70. The molecule has 0 saturated heterocycles. The quantitative estimate of drug-likeness (QED) is 0.526. The molecular weight excluding hydrogens is 167 g/mol. The Morgan fingerprint density at radius 2 is 2.25 bits per heavy atom. The van der Waals surface area contributed by atoms with Crippen LogP contribution < -0.4 is 5.73 Å². The zero-order chi connectivity index (χ0) is 9.14. The minimum atomic E-state index is 0.710. The maximum atomic E-state index is 8.73. The number of hydrogen-bond acceptors (Lipinski definition) is 2. The molecule has 62 valence electrons. The van der Waals surface area contributed by atoms with Crippen molar-refractivity contribution in [3.8, 4) is 6.07 Å². The first kappa shape index (κ1) is 9.03. The number of anilines is 1. The van der Waals surface area contributed by atoms with Crippen LogP contribution in [-0.2, 0) is 6.16 Å². The van der Waals surface area contributed by atoms with E-state index >= 15 is 0 Å². The van der Waals surface area contributed by atoms with E-state index in [0.717, 1.165) is 23.0 Å². The highest BCUT2D eigenvalue weighted by atomic mass is 31.0. The lowest BCUT2D eigenvalue weighted by Gasteiger charge is -2.07. The van der Waals surface area contributed by atoms with E-state index in [4.69, 9.17) is 11.0 Å². The van der Waals surface area contributed by atoms with Gasteiger partial charge < -0.3 is 5.73 Å². The molecule has 1 aromatic rings. The summed E-state index contributed by atoms with van der Waals surface area (Å²) in [5.41, 5.74) is 9.26. The number of rotatable bonds is 1. The Balaban J connectivity index is 3.36. The minimum Gasteiger partial charge on any atom is -0.398 e. The summed E-state index contributed by atoms with van der Waals surface area (Å²) in [6.07, 6.45) is 0.799. The third-order valence-corrected chi connectivity index (χ3v) is 2.37. The van der Waals surface area contributed by atoms with Gasteiger partial charge in [0.15, 0.2) is 0 Å². The summed E-state index contributed by atoms with van der Waals surface area (Å²) in [6.45, 7) is 1.92. The van der Waals surface area contributed by atoms with Crippen LogP contribution >= 0.6 is 9.24 Å². The van der Waals surface area contributed by atoms with Crippen molar-refractivity contribution in [3.63, 3.8) is 0 Å². The lowest BCUT2D eigenvalue weighted by Crippen LogP contribution is -1.96. The van der Waals surface area contributed by atoms with Crippen LogP contribution in [0.4, 0.5) is 5.69 Å². The topological polar surface area (TPSA) is 49.8 Å². The van der Waals surface area contributed by atoms with Crippen molar-refractivity contribution < 1.29 is 0 Å². The first-order valence-corrected chi connectivity index (χ1v) is 4.50. The average Bonchev–Trinajstić information content (AvgIpc) is 2.06. The molecule has 3 heteroatoms. The molecule has 12 heavy (non-hydrogen) atoms. The number of hydrogen-bond donors (Lipinski definition) is 1. The SMILES string of the molecule is Cc1c(C#N)ccc(N)c1CP. The molecule has 0 aliphatic rings. The maximum Gasteiger partial charge on any atom is 0.0994 e. The monoisotopic (exact) mass is 178 g/mol. The molecule has 1 unspecified atom stereocenters. The Bertz CT molecular complexity index is 339. The van der Waals surface area contributed by atoms with Gasteiger partial charge in [0, 0.05) is 5.69 Å². The van der Waals surface area contributed by atoms with Crippen LogP contribution in [0.3, 0.4) is 0 Å². The van der Waals surface area contributed by atoms with E-state index in [9.17, 15) is 0 Å². The lowest BCUT2D eigenvalue weighted by molar-refractivity contribution is 1.29. The molecular formula is C9H11N2P. The van der Waals surface area contributed by atoms with Crippen LogP contribution in [0, 0.1) is 18.3 Å². The molecule has 2 N–H and O–H groups in total. The third-order valence-electron chi connectivity index (χ3n) is 1.96. The molecule has 0 amide bonds. The summed E-state index contributed by atoms with van der Waals surface area (Å²) in [4.78, 5) is 0. The Kier molecular flexibility index (Phi) is 2.68. The summed E-state index contributed by atoms with van der Waals surface area (Å²) in [5, 5.41) is 8.73. The predicted molar refractivity (Wildman–Crippen MR) is 53.7 cm³/mol. The molecule has 0 fully saturated rings. The average molecular weight is 178 g/mol. The van der Waals surface area contributed by atoms with Gasteiger partial charge in [-0.2, -0.15) is 5.26 Å². The van der Waals surface area contributed by atoms with Crippen molar-refractivity contribution in [1.29, 1.82) is 5.26 Å². The van der Waals surface area contributed by atoms with Crippen molar-refractivity contribution in [2.24, 2.45) is 0 Å². The number of nitrogens with zero attached hydrogens (tertiary/aromatic N) is 1. The fourth-order valence-corrected chi connectivity index (χ4v) is 1.71. The van der Waals surface area contributed by atoms with Crippen LogP contribution in [0.2, 0.25) is 0 Å². The molecule has 1 rings (SSSR count). The predicted octanol–water partition coefficient (Wildman–Crippen LogP) is 1.82. The van der Waals surface area contributed by atoms with Gasteiger partial charge in [0.25, 0.3) is 0 Å². The first-order valence-electron chi connectivity index (χ1n) is 3.68. The summed E-state index contributed by atoms with van der Waals surface area (Å²) < 4.78 is 0. The van der Waals surface area contributed by atoms with Crippen molar-refractivity contribution in [3.05, 3.63) is 28.8 Å². The second-order valence-corrected chi connectivity index (χ2v) is 3.03. The van der Waals surface area contributed by atoms with Gasteiger partial charge in [0.2, 0.25) is 0 Å². The van der Waals surface area contributed by atoms with Gasteiger partial charge in [-0.25, -0.2) is 0 Å². The van der Waals surface area contributed by atoms with Crippen LogP contribution in [-0.4, -0.2) is 0 Å². The van der Waals surface area contributed by atoms with Gasteiger partial charge in [-0.1, -0.05) is 0 Å². The molecule has 0 bridgehead atoms. The third kappa shape index (κ3) is 1.42. The van der Waals surface area contributed by atoms with Gasteiger partial charge in [-0.05, 0) is 36.3 Å². The Morgan fingerprint density at radius 3 is 2.75 bits per heavy atom. The molecule has 0 heterocycles. The van der Waals surface area contributed by atoms with Gasteiger partial charge >= 0.3 is 0 Å². The fraction of sp³-hybridized carbons (Fsp3) is 0.222. The zero-order valence-corrected chi connectivity index (χ0v) is 8.12. The van der Waals surface area contributed by atoms with E-state index in [1.54, 1.807) is 12.1 Å². The molecule has 2 nitrogen and oxygen atoms in total. The van der Waals surface area contributed by atoms with Gasteiger partial charge in [-0.15, -0.1) is 9.24 Å². The summed E-state index contributed by atoms with van der Waals surface area (Å²) in [5.74, 6) is 0. The van der Waals surface area contributed by atoms with E-state index in [1.807, 2.05) is 6.92 Å². The highest BCUT2D eigenvalue weighted by Crippen LogP contribution is 2.22. The van der Waals surface area contributed by atoms with E-state index in [2.05, 4.69) is 15.3 Å². The second-order valence-electron chi connectivity index (χ2n) is 2.62. The fourth-order valence-electron chi connectivity index (χ4n) is 1.17. The summed E-state index contributed by atoms with van der Waals surface area (Å²) in [6, 6.07) is 5.67. The van der Waals surface area contributed by atoms with E-state index < -0.39 is 0 Å². The van der Waals surface area contributed by atoms with Gasteiger partial charge in [0.05, 0.1) is 11.6 Å². The number of benzene rings is 1. The van der Waals surface area contributed by atoms with Crippen LogP contribution in [0.15, 0.2) is 12.1 Å². The van der Waals surface area contributed by atoms with Crippen molar-refractivity contribution >= 4 is 14.9 Å². The van der Waals surface area contributed by atoms with E-state index in [0.29, 0.717) is 5.56 Å². The summed E-state index contributed by atoms with van der Waals surface area (Å²) in [7, 11) is 2.62. The highest BCUT2D eigenvalue weighted by Gasteiger charge is 2.04. The molecule has 1 aromatic carbocycles.